The summed E-state index contributed by atoms with van der Waals surface area (Å²) >= 11 is 0. The first kappa shape index (κ1) is 11.5. The molecule has 0 aliphatic heterocycles. The molecule has 82 valence electrons. The molecule has 0 amide bonds. The number of aliphatic carboxylic acids is 1. The Hall–Kier alpha value is -1.55. The molecule has 15 heavy (non-hydrogen) atoms. The van der Waals surface area contributed by atoms with Crippen LogP contribution < -0.4 is 10.2 Å². The van der Waals surface area contributed by atoms with Crippen molar-refractivity contribution in [3.8, 4) is 0 Å². The van der Waals surface area contributed by atoms with Gasteiger partial charge in [-0.25, -0.2) is 0 Å². The maximum Gasteiger partial charge on any atom is 0.309 e. The minimum absolute atomic E-state index is 0.155. The van der Waals surface area contributed by atoms with Crippen molar-refractivity contribution in [1.82, 2.24) is 4.48 Å². The van der Waals surface area contributed by atoms with E-state index in [9.17, 15) is 4.79 Å². The molecule has 0 radical (unpaired) electrons. The lowest BCUT2D eigenvalue weighted by Crippen LogP contribution is -2.42. The molecule has 4 heteroatoms. The van der Waals surface area contributed by atoms with E-state index >= 15 is 0 Å². The topological polar surface area (TPSA) is 63.3 Å². The maximum absolute atomic E-state index is 10.5. The van der Waals surface area contributed by atoms with E-state index in [1.165, 1.54) is 0 Å². The molecule has 0 bridgehead atoms. The molecule has 0 fully saturated rings. The molecule has 0 saturated carbocycles. The van der Waals surface area contributed by atoms with Gasteiger partial charge in [0.2, 0.25) is 0 Å². The van der Waals surface area contributed by atoms with Gasteiger partial charge in [-0.2, -0.15) is 0 Å². The Balaban J connectivity index is 2.80. The van der Waals surface area contributed by atoms with Crippen LogP contribution in [0.15, 0.2) is 24.3 Å². The molecule has 3 N–H and O–H groups in total. The molecule has 0 unspecified atom stereocenters. The highest BCUT2D eigenvalue weighted by Gasteiger charge is 2.20. The summed E-state index contributed by atoms with van der Waals surface area (Å²) < 4.78 is 0.525. The predicted octanol–water partition coefficient (Wildman–Crippen LogP) is 1.31. The summed E-state index contributed by atoms with van der Waals surface area (Å²) in [6, 6.07) is 7.53. The third-order valence-corrected chi connectivity index (χ3v) is 2.45. The number of quaternary nitrogens is 1. The third-order valence-electron chi connectivity index (χ3n) is 2.45. The van der Waals surface area contributed by atoms with Gasteiger partial charge < -0.3 is 10.8 Å². The molecule has 1 aromatic carbocycles. The standard InChI is InChI=1S/C11H16N2O2/c1-13(2,7-6-11(14)15)10-5-3-4-9(12)8-10/h3-5,8H,6-7,12H2,1-2H3/p+1. The molecule has 0 saturated heterocycles. The van der Waals surface area contributed by atoms with Gasteiger partial charge in [0.1, 0.15) is 5.69 Å². The van der Waals surface area contributed by atoms with Crippen molar-refractivity contribution in [2.24, 2.45) is 0 Å². The zero-order chi connectivity index (χ0) is 11.5. The number of nitrogens with two attached hydrogens (primary N) is 1. The summed E-state index contributed by atoms with van der Waals surface area (Å²) in [6.45, 7) is 0.554. The van der Waals surface area contributed by atoms with Crippen LogP contribution in [0.2, 0.25) is 0 Å². The van der Waals surface area contributed by atoms with Crippen LogP contribution >= 0.6 is 0 Å². The van der Waals surface area contributed by atoms with Crippen molar-refractivity contribution < 1.29 is 9.90 Å². The molecule has 4 nitrogen and oxygen atoms in total. The number of hydrogen-bond donors (Lipinski definition) is 2. The number of nitrogen functional groups attached to an aromatic ring is 1. The SMILES string of the molecule is C[N+](C)(CCC(=O)O)c1cccc(N)c1. The number of nitrogens with zero attached hydrogens (tertiary/aromatic N) is 1. The van der Waals surface area contributed by atoms with Crippen molar-refractivity contribution in [3.63, 3.8) is 0 Å². The van der Waals surface area contributed by atoms with E-state index < -0.39 is 5.97 Å². The molecule has 0 spiro atoms. The normalized spacial score (nSPS) is 11.3. The van der Waals surface area contributed by atoms with Gasteiger partial charge in [0.05, 0.1) is 27.1 Å². The minimum Gasteiger partial charge on any atom is -0.481 e. The molecule has 0 aliphatic carbocycles. The molecular weight excluding hydrogens is 192 g/mol. The van der Waals surface area contributed by atoms with Gasteiger partial charge in [-0.3, -0.25) is 9.28 Å². The number of benzene rings is 1. The van der Waals surface area contributed by atoms with Gasteiger partial charge in [-0.05, 0) is 12.1 Å². The lowest BCUT2D eigenvalue weighted by atomic mass is 10.2. The third kappa shape index (κ3) is 3.25. The van der Waals surface area contributed by atoms with Gasteiger partial charge in [-0.1, -0.05) is 6.07 Å². The molecule has 1 rings (SSSR count). The second-order valence-electron chi connectivity index (χ2n) is 4.15. The van der Waals surface area contributed by atoms with Crippen LogP contribution in [0.3, 0.4) is 0 Å². The van der Waals surface area contributed by atoms with Crippen molar-refractivity contribution in [3.05, 3.63) is 24.3 Å². The van der Waals surface area contributed by atoms with Crippen LogP contribution in [0.25, 0.3) is 0 Å². The van der Waals surface area contributed by atoms with Gasteiger partial charge in [0.15, 0.2) is 0 Å². The lowest BCUT2D eigenvalue weighted by molar-refractivity contribution is -0.137. The van der Waals surface area contributed by atoms with Crippen molar-refractivity contribution in [2.45, 2.75) is 6.42 Å². The van der Waals surface area contributed by atoms with Crippen LogP contribution in [0, 0.1) is 0 Å². The van der Waals surface area contributed by atoms with E-state index in [2.05, 4.69) is 0 Å². The first-order valence-electron chi connectivity index (χ1n) is 4.83. The highest BCUT2D eigenvalue weighted by Crippen LogP contribution is 2.21. The first-order valence-corrected chi connectivity index (χ1v) is 4.83. The number of carboxylic acid groups (broad SMARTS) is 1. The summed E-state index contributed by atoms with van der Waals surface area (Å²) in [5.74, 6) is -0.773. The molecule has 0 atom stereocenters. The summed E-state index contributed by atoms with van der Waals surface area (Å²) in [5, 5.41) is 8.64. The van der Waals surface area contributed by atoms with E-state index in [4.69, 9.17) is 10.8 Å². The van der Waals surface area contributed by atoms with Crippen LogP contribution in [-0.4, -0.2) is 31.7 Å². The average Bonchev–Trinajstić information content (AvgIpc) is 2.15. The van der Waals surface area contributed by atoms with E-state index in [0.29, 0.717) is 16.7 Å². The highest BCUT2D eigenvalue weighted by molar-refractivity contribution is 5.67. The Labute approximate surface area is 89.5 Å². The van der Waals surface area contributed by atoms with Crippen molar-refractivity contribution >= 4 is 17.3 Å². The summed E-state index contributed by atoms with van der Waals surface area (Å²) in [5.41, 5.74) is 7.41. The van der Waals surface area contributed by atoms with Gasteiger partial charge >= 0.3 is 5.97 Å². The van der Waals surface area contributed by atoms with Crippen LogP contribution in [0.1, 0.15) is 6.42 Å². The largest absolute Gasteiger partial charge is 0.481 e. The smallest absolute Gasteiger partial charge is 0.309 e. The Kier molecular flexibility index (Phi) is 3.31. The highest BCUT2D eigenvalue weighted by atomic mass is 16.4. The van der Waals surface area contributed by atoms with E-state index in [0.717, 1.165) is 5.69 Å². The molecule has 0 aliphatic rings. The zero-order valence-electron chi connectivity index (χ0n) is 9.10. The number of anilines is 1. The van der Waals surface area contributed by atoms with Crippen molar-refractivity contribution in [1.29, 1.82) is 0 Å². The predicted molar refractivity (Wildman–Crippen MR) is 61.6 cm³/mol. The van der Waals surface area contributed by atoms with Gasteiger partial charge in [0, 0.05) is 11.8 Å². The average molecular weight is 209 g/mol. The zero-order valence-corrected chi connectivity index (χ0v) is 9.10. The van der Waals surface area contributed by atoms with E-state index in [-0.39, 0.29) is 6.42 Å². The Morgan fingerprint density at radius 1 is 1.47 bits per heavy atom. The first-order chi connectivity index (χ1) is 6.92. The quantitative estimate of drug-likeness (QED) is 0.580. The summed E-state index contributed by atoms with van der Waals surface area (Å²) in [7, 11) is 3.94. The molecule has 0 heterocycles. The number of carbonyl (C=O) groups is 1. The summed E-state index contributed by atoms with van der Waals surface area (Å²) in [4.78, 5) is 10.5. The van der Waals surface area contributed by atoms with Crippen molar-refractivity contribution in [2.75, 3.05) is 26.4 Å². The van der Waals surface area contributed by atoms with E-state index in [1.807, 2.05) is 38.4 Å². The number of rotatable bonds is 4. The number of carboxylic acids is 1. The van der Waals surface area contributed by atoms with E-state index in [1.54, 1.807) is 0 Å². The monoisotopic (exact) mass is 209 g/mol. The Bertz CT molecular complexity index is 361. The second kappa shape index (κ2) is 4.31. The minimum atomic E-state index is -0.773. The Morgan fingerprint density at radius 3 is 2.67 bits per heavy atom. The van der Waals surface area contributed by atoms with Gasteiger partial charge in [0.25, 0.3) is 0 Å². The number of hydrogen-bond acceptors (Lipinski definition) is 2. The fraction of sp³-hybridized carbons (Fsp3) is 0.364. The summed E-state index contributed by atoms with van der Waals surface area (Å²) in [6.07, 6.45) is 0.155. The lowest BCUT2D eigenvalue weighted by Gasteiger charge is -2.28. The van der Waals surface area contributed by atoms with Crippen LogP contribution in [0.5, 0.6) is 0 Å². The second-order valence-corrected chi connectivity index (χ2v) is 4.15. The Morgan fingerprint density at radius 2 is 2.13 bits per heavy atom. The van der Waals surface area contributed by atoms with Crippen LogP contribution in [0.4, 0.5) is 11.4 Å². The molecular formula is C11H17N2O2+. The van der Waals surface area contributed by atoms with Crippen LogP contribution in [-0.2, 0) is 4.79 Å². The maximum atomic E-state index is 10.5. The fourth-order valence-corrected chi connectivity index (χ4v) is 1.41. The van der Waals surface area contributed by atoms with Gasteiger partial charge in [-0.15, -0.1) is 0 Å². The molecule has 0 aromatic heterocycles. The molecule has 1 aromatic rings. The fourth-order valence-electron chi connectivity index (χ4n) is 1.41.